The Bertz CT molecular complexity index is 3160. The standard InChI is InChI=1S/C52H52FN9O7/c1-58-29-34(36-7-6-10-42(38(36)30-63)61-20-17-32-25-33(31-11-12-31)26-39(53)46(32)51(61)68)27-41(50(58)67)56-44-15-13-35(28-55-44)60-23-21-59(22-24-60)19-4-2-3-18-54-40-9-5-8-37-47(40)52(69)62(49(37)66)43-14-16-45(64)57-48(43)65/h5-10,13,15,17,20,25-29,31,43,54,63H,2-4,11-12,14,16,18-19,21-24,30H2,1H3,(H,55,56)(H,57,64,65). The molecule has 2 saturated heterocycles. The van der Waals surface area contributed by atoms with Crippen molar-refractivity contribution in [3.8, 4) is 16.8 Å². The number of aliphatic hydroxyl groups excluding tert-OH is 1. The first-order valence-corrected chi connectivity index (χ1v) is 23.5. The van der Waals surface area contributed by atoms with Crippen molar-refractivity contribution < 1.29 is 28.7 Å². The number of piperazine rings is 1. The van der Waals surface area contributed by atoms with Gasteiger partial charge in [0.05, 0.1) is 40.7 Å². The number of carbonyl (C=O) groups is 4. The molecular weight excluding hydrogens is 882 g/mol. The predicted octanol–water partition coefficient (Wildman–Crippen LogP) is 5.81. The van der Waals surface area contributed by atoms with Crippen LogP contribution in [0, 0.1) is 5.82 Å². The third-order valence-corrected chi connectivity index (χ3v) is 13.8. The normalized spacial score (nSPS) is 17.4. The molecular formula is C52H52FN9O7. The molecule has 3 aromatic carbocycles. The molecule has 17 heteroatoms. The number of nitrogens with zero attached hydrogens (tertiary/aromatic N) is 6. The minimum Gasteiger partial charge on any atom is -0.392 e. The van der Waals surface area contributed by atoms with Gasteiger partial charge in [0, 0.05) is 75.4 Å². The first-order chi connectivity index (χ1) is 33.5. The van der Waals surface area contributed by atoms with E-state index in [1.807, 2.05) is 24.3 Å². The van der Waals surface area contributed by atoms with Crippen LogP contribution in [0.4, 0.5) is 27.3 Å². The van der Waals surface area contributed by atoms with Crippen molar-refractivity contribution in [3.05, 3.63) is 140 Å². The van der Waals surface area contributed by atoms with Gasteiger partial charge in [-0.3, -0.25) is 48.5 Å². The molecule has 0 spiro atoms. The molecule has 6 heterocycles. The molecule has 6 aromatic rings. The van der Waals surface area contributed by atoms with E-state index in [-0.39, 0.29) is 40.6 Å². The van der Waals surface area contributed by atoms with Crippen molar-refractivity contribution in [1.82, 2.24) is 29.2 Å². The maximum atomic E-state index is 15.4. The molecule has 1 saturated carbocycles. The molecule has 4 N–H and O–H groups in total. The molecule has 1 atom stereocenters. The van der Waals surface area contributed by atoms with Crippen LogP contribution in [0.5, 0.6) is 0 Å². The lowest BCUT2D eigenvalue weighted by Crippen LogP contribution is -2.54. The van der Waals surface area contributed by atoms with E-state index >= 15 is 4.39 Å². The van der Waals surface area contributed by atoms with Gasteiger partial charge in [0.2, 0.25) is 11.8 Å². The fourth-order valence-electron chi connectivity index (χ4n) is 9.91. The highest BCUT2D eigenvalue weighted by Crippen LogP contribution is 2.41. The van der Waals surface area contributed by atoms with Crippen LogP contribution >= 0.6 is 0 Å². The number of hydrogen-bond acceptors (Lipinski definition) is 12. The van der Waals surface area contributed by atoms with Gasteiger partial charge >= 0.3 is 0 Å². The molecule has 3 aliphatic heterocycles. The van der Waals surface area contributed by atoms with Crippen LogP contribution in [0.25, 0.3) is 27.6 Å². The Hall–Kier alpha value is -7.50. The second kappa shape index (κ2) is 18.9. The molecule has 69 heavy (non-hydrogen) atoms. The molecule has 354 valence electrons. The summed E-state index contributed by atoms with van der Waals surface area (Å²) in [6.45, 7) is 4.59. The van der Waals surface area contributed by atoms with Crippen LogP contribution in [0.2, 0.25) is 0 Å². The zero-order valence-electron chi connectivity index (χ0n) is 38.2. The van der Waals surface area contributed by atoms with Gasteiger partial charge in [-0.2, -0.15) is 0 Å². The Kier molecular flexibility index (Phi) is 12.4. The van der Waals surface area contributed by atoms with Crippen molar-refractivity contribution >= 4 is 57.3 Å². The first-order valence-electron chi connectivity index (χ1n) is 23.5. The van der Waals surface area contributed by atoms with Gasteiger partial charge in [-0.15, -0.1) is 0 Å². The average molecular weight is 934 g/mol. The van der Waals surface area contributed by atoms with E-state index in [9.17, 15) is 33.9 Å². The summed E-state index contributed by atoms with van der Waals surface area (Å²) in [4.78, 5) is 88.2. The van der Waals surface area contributed by atoms with E-state index < -0.39 is 47.7 Å². The van der Waals surface area contributed by atoms with Crippen LogP contribution in [0.1, 0.15) is 82.7 Å². The molecule has 4 amide bonds. The second-order valence-corrected chi connectivity index (χ2v) is 18.3. The summed E-state index contributed by atoms with van der Waals surface area (Å²) in [5.41, 5.74) is 4.53. The van der Waals surface area contributed by atoms with Crippen LogP contribution in [-0.2, 0) is 23.2 Å². The summed E-state index contributed by atoms with van der Waals surface area (Å²) in [5.74, 6) is -1.82. The van der Waals surface area contributed by atoms with E-state index in [0.717, 1.165) is 81.0 Å². The van der Waals surface area contributed by atoms with E-state index in [0.29, 0.717) is 51.7 Å². The number of unbranched alkanes of at least 4 members (excludes halogenated alkanes) is 2. The van der Waals surface area contributed by atoms with Crippen molar-refractivity contribution in [3.63, 3.8) is 0 Å². The number of benzene rings is 3. The first kappa shape index (κ1) is 45.3. The zero-order chi connectivity index (χ0) is 47.9. The molecule has 3 aromatic heterocycles. The number of nitrogens with one attached hydrogen (secondary N) is 3. The zero-order valence-corrected chi connectivity index (χ0v) is 38.2. The Balaban J connectivity index is 0.721. The van der Waals surface area contributed by atoms with E-state index in [2.05, 4.69) is 30.7 Å². The Labute approximate surface area is 396 Å². The minimum absolute atomic E-state index is 0.000104. The van der Waals surface area contributed by atoms with E-state index in [1.54, 1.807) is 68.1 Å². The molecule has 0 radical (unpaired) electrons. The van der Waals surface area contributed by atoms with Crippen LogP contribution in [0.3, 0.4) is 0 Å². The average Bonchev–Trinajstić information content (AvgIpc) is 4.17. The molecule has 4 aliphatic rings. The summed E-state index contributed by atoms with van der Waals surface area (Å²) in [5, 5.41) is 20.0. The van der Waals surface area contributed by atoms with Gasteiger partial charge in [0.15, 0.2) is 0 Å². The van der Waals surface area contributed by atoms with Crippen molar-refractivity contribution in [1.29, 1.82) is 0 Å². The highest BCUT2D eigenvalue weighted by molar-refractivity contribution is 6.25. The summed E-state index contributed by atoms with van der Waals surface area (Å²) < 4.78 is 18.2. The summed E-state index contributed by atoms with van der Waals surface area (Å²) in [6.07, 6.45) is 10.1. The number of imide groups is 2. The van der Waals surface area contributed by atoms with Gasteiger partial charge < -0.3 is 25.2 Å². The summed E-state index contributed by atoms with van der Waals surface area (Å²) in [6, 6.07) is 20.0. The van der Waals surface area contributed by atoms with E-state index in [1.165, 1.54) is 15.2 Å². The molecule has 1 unspecified atom stereocenters. The number of aryl methyl sites for hydroxylation is 1. The highest BCUT2D eigenvalue weighted by Gasteiger charge is 2.45. The molecule has 10 rings (SSSR count). The number of carbonyl (C=O) groups excluding carboxylic acids is 4. The molecule has 3 fully saturated rings. The van der Waals surface area contributed by atoms with Crippen molar-refractivity contribution in [2.45, 2.75) is 63.5 Å². The number of fused-ring (bicyclic) bond motifs is 2. The van der Waals surface area contributed by atoms with Crippen LogP contribution in [-0.4, -0.2) is 98.0 Å². The maximum absolute atomic E-state index is 15.4. The van der Waals surface area contributed by atoms with Crippen molar-refractivity contribution in [2.75, 3.05) is 54.8 Å². The quantitative estimate of drug-likeness (QED) is 0.0716. The number of aromatic nitrogens is 3. The van der Waals surface area contributed by atoms with Gasteiger partial charge in [0.1, 0.15) is 23.4 Å². The predicted molar refractivity (Wildman–Crippen MR) is 260 cm³/mol. The monoisotopic (exact) mass is 933 g/mol. The largest absolute Gasteiger partial charge is 0.392 e. The fraction of sp³-hybridized carbons (Fsp3) is 0.327. The topological polar surface area (TPSA) is 191 Å². The SMILES string of the molecule is Cn1cc(-c2cccc(-n3ccc4cc(C5CC5)cc(F)c4c3=O)c2CO)cc(Nc2ccc(N3CCN(CCCCCNc4cccc5c4C(=O)N(C4CCC(=O)NC4=O)C5=O)CC3)cn2)c1=O. The summed E-state index contributed by atoms with van der Waals surface area (Å²) >= 11 is 0. The number of amides is 4. The number of aliphatic hydroxyl groups is 1. The fourth-order valence-corrected chi connectivity index (χ4v) is 9.91. The highest BCUT2D eigenvalue weighted by atomic mass is 19.1. The van der Waals surface area contributed by atoms with Crippen LogP contribution < -0.4 is 32.0 Å². The lowest BCUT2D eigenvalue weighted by atomic mass is 9.98. The number of pyridine rings is 3. The number of piperidine rings is 1. The Morgan fingerprint density at radius 1 is 0.826 bits per heavy atom. The lowest BCUT2D eigenvalue weighted by Gasteiger charge is -2.36. The summed E-state index contributed by atoms with van der Waals surface area (Å²) in [7, 11) is 1.65. The Morgan fingerprint density at radius 2 is 1.62 bits per heavy atom. The van der Waals surface area contributed by atoms with Gasteiger partial charge in [-0.05, 0) is 110 Å². The van der Waals surface area contributed by atoms with Crippen LogP contribution in [0.15, 0.2) is 101 Å². The number of hydrogen-bond donors (Lipinski definition) is 4. The van der Waals surface area contributed by atoms with Crippen molar-refractivity contribution in [2.24, 2.45) is 7.05 Å². The third-order valence-electron chi connectivity index (χ3n) is 13.8. The number of rotatable bonds is 15. The maximum Gasteiger partial charge on any atom is 0.274 e. The number of anilines is 4. The lowest BCUT2D eigenvalue weighted by molar-refractivity contribution is -0.136. The number of halogens is 1. The van der Waals surface area contributed by atoms with Gasteiger partial charge in [0.25, 0.3) is 22.9 Å². The van der Waals surface area contributed by atoms with E-state index in [4.69, 9.17) is 0 Å². The molecule has 0 bridgehead atoms. The molecule has 1 aliphatic carbocycles. The second-order valence-electron chi connectivity index (χ2n) is 18.3. The Morgan fingerprint density at radius 3 is 2.38 bits per heavy atom. The van der Waals surface area contributed by atoms with Gasteiger partial charge in [-0.25, -0.2) is 9.37 Å². The third kappa shape index (κ3) is 8.90. The van der Waals surface area contributed by atoms with Gasteiger partial charge in [-0.1, -0.05) is 30.7 Å². The minimum atomic E-state index is -1.01. The molecule has 16 nitrogen and oxygen atoms in total. The smallest absolute Gasteiger partial charge is 0.274 e.